The maximum atomic E-state index is 8.61. The molecule has 0 spiro atoms. The molecule has 0 atom stereocenters. The van der Waals surface area contributed by atoms with Gasteiger partial charge in [0.1, 0.15) is 5.75 Å². The van der Waals surface area contributed by atoms with Crippen molar-refractivity contribution in [1.82, 2.24) is 0 Å². The predicted molar refractivity (Wildman–Crippen MR) is 88.8 cm³/mol. The van der Waals surface area contributed by atoms with Crippen LogP contribution in [0.15, 0.2) is 12.1 Å². The summed E-state index contributed by atoms with van der Waals surface area (Å²) in [4.78, 5) is 0. The highest BCUT2D eigenvalue weighted by atomic mass is 16.5. The van der Waals surface area contributed by atoms with Gasteiger partial charge in [-0.1, -0.05) is 46.8 Å². The van der Waals surface area contributed by atoms with Crippen molar-refractivity contribution in [3.05, 3.63) is 28.8 Å². The minimum Gasteiger partial charge on any atom is -0.493 e. The minimum atomic E-state index is 0.149. The van der Waals surface area contributed by atoms with E-state index in [9.17, 15) is 0 Å². The molecule has 1 aromatic carbocycles. The monoisotopic (exact) mass is 287 g/mol. The first-order valence-electron chi connectivity index (χ1n) is 7.89. The van der Waals surface area contributed by atoms with Crippen LogP contribution in [0.25, 0.3) is 0 Å². The van der Waals surface area contributed by atoms with Crippen LogP contribution in [0.2, 0.25) is 0 Å². The molecule has 116 valence electrons. The maximum absolute atomic E-state index is 8.61. The van der Waals surface area contributed by atoms with E-state index in [0.717, 1.165) is 18.6 Å². The number of nitriles is 1. The number of aryl methyl sites for hydroxylation is 1. The van der Waals surface area contributed by atoms with Gasteiger partial charge in [-0.3, -0.25) is 0 Å². The van der Waals surface area contributed by atoms with Gasteiger partial charge in [0.2, 0.25) is 0 Å². The second kappa shape index (κ2) is 7.50. The number of nitrogens with zero attached hydrogens (tertiary/aromatic N) is 1. The van der Waals surface area contributed by atoms with E-state index in [0.29, 0.717) is 18.9 Å². The first kappa shape index (κ1) is 17.6. The summed E-state index contributed by atoms with van der Waals surface area (Å²) in [7, 11) is 0. The van der Waals surface area contributed by atoms with E-state index in [2.05, 4.69) is 59.7 Å². The van der Waals surface area contributed by atoms with Crippen LogP contribution in [-0.2, 0) is 11.8 Å². The third kappa shape index (κ3) is 5.42. The van der Waals surface area contributed by atoms with Crippen molar-refractivity contribution in [3.63, 3.8) is 0 Å². The Balaban J connectivity index is 3.07. The van der Waals surface area contributed by atoms with Crippen molar-refractivity contribution in [1.29, 1.82) is 5.26 Å². The maximum Gasteiger partial charge on any atom is 0.125 e. The molecule has 1 aromatic rings. The van der Waals surface area contributed by atoms with Crippen LogP contribution in [0, 0.1) is 24.2 Å². The largest absolute Gasteiger partial charge is 0.493 e. The van der Waals surface area contributed by atoms with Crippen molar-refractivity contribution in [3.8, 4) is 11.8 Å². The molecule has 0 amide bonds. The molecule has 0 fully saturated rings. The van der Waals surface area contributed by atoms with Crippen molar-refractivity contribution >= 4 is 0 Å². The van der Waals surface area contributed by atoms with Gasteiger partial charge in [0.25, 0.3) is 0 Å². The highest BCUT2D eigenvalue weighted by Crippen LogP contribution is 2.33. The number of unbranched alkanes of at least 4 members (excludes halogenated alkanes) is 1. The molecule has 0 bridgehead atoms. The molecular formula is C19H29NO. The Bertz CT molecular complexity index is 504. The van der Waals surface area contributed by atoms with Crippen LogP contribution in [0.1, 0.15) is 64.2 Å². The molecule has 0 aliphatic heterocycles. The highest BCUT2D eigenvalue weighted by Gasteiger charge is 2.18. The van der Waals surface area contributed by atoms with E-state index in [4.69, 9.17) is 10.00 Å². The van der Waals surface area contributed by atoms with Crippen molar-refractivity contribution < 1.29 is 4.74 Å². The number of hydrogen-bond donors (Lipinski definition) is 0. The molecule has 0 unspecified atom stereocenters. The summed E-state index contributed by atoms with van der Waals surface area (Å²) in [5.41, 5.74) is 4.01. The Labute approximate surface area is 130 Å². The van der Waals surface area contributed by atoms with E-state index < -0.39 is 0 Å². The van der Waals surface area contributed by atoms with E-state index in [-0.39, 0.29) is 5.41 Å². The fourth-order valence-electron chi connectivity index (χ4n) is 2.40. The Morgan fingerprint density at radius 1 is 1.24 bits per heavy atom. The molecule has 2 nitrogen and oxygen atoms in total. The van der Waals surface area contributed by atoms with E-state index in [1.165, 1.54) is 16.7 Å². The van der Waals surface area contributed by atoms with Crippen LogP contribution in [0.4, 0.5) is 0 Å². The van der Waals surface area contributed by atoms with Crippen molar-refractivity contribution in [2.24, 2.45) is 5.92 Å². The molecule has 0 aliphatic rings. The lowest BCUT2D eigenvalue weighted by molar-refractivity contribution is 0.306. The lowest BCUT2D eigenvalue weighted by Crippen LogP contribution is -2.13. The van der Waals surface area contributed by atoms with Crippen LogP contribution >= 0.6 is 0 Å². The van der Waals surface area contributed by atoms with E-state index in [1.807, 2.05) is 0 Å². The average Bonchev–Trinajstić information content (AvgIpc) is 2.34. The summed E-state index contributed by atoms with van der Waals surface area (Å²) in [5.74, 6) is 1.62. The fourth-order valence-corrected chi connectivity index (χ4v) is 2.40. The van der Waals surface area contributed by atoms with Crippen LogP contribution in [0.5, 0.6) is 5.75 Å². The Morgan fingerprint density at radius 3 is 2.43 bits per heavy atom. The summed E-state index contributed by atoms with van der Waals surface area (Å²) in [6, 6.07) is 6.70. The van der Waals surface area contributed by atoms with E-state index >= 15 is 0 Å². The third-order valence-corrected chi connectivity index (χ3v) is 3.53. The standard InChI is InChI=1S/C19H29NO/c1-14(2)11-16-13-17(19(4,5)6)12-15(3)18(16)21-10-8-7-9-20/h12-14H,7-8,10-11H2,1-6H3. The normalized spacial score (nSPS) is 11.5. The lowest BCUT2D eigenvalue weighted by Gasteiger charge is -2.24. The minimum absolute atomic E-state index is 0.149. The number of hydrogen-bond acceptors (Lipinski definition) is 2. The van der Waals surface area contributed by atoms with Gasteiger partial charge in [-0.25, -0.2) is 0 Å². The Kier molecular flexibility index (Phi) is 6.27. The molecule has 0 saturated heterocycles. The van der Waals surface area contributed by atoms with Gasteiger partial charge < -0.3 is 4.74 Å². The molecule has 0 aromatic heterocycles. The molecule has 1 rings (SSSR count). The van der Waals surface area contributed by atoms with Crippen LogP contribution in [0.3, 0.4) is 0 Å². The van der Waals surface area contributed by atoms with Gasteiger partial charge in [0, 0.05) is 6.42 Å². The molecule has 0 aliphatic carbocycles. The van der Waals surface area contributed by atoms with Gasteiger partial charge in [-0.2, -0.15) is 5.26 Å². The second-order valence-corrected chi connectivity index (χ2v) is 7.24. The number of benzene rings is 1. The van der Waals surface area contributed by atoms with Gasteiger partial charge in [0.15, 0.2) is 0 Å². The summed E-state index contributed by atoms with van der Waals surface area (Å²) in [6.07, 6.45) is 2.37. The molecule has 0 saturated carbocycles. The SMILES string of the molecule is Cc1cc(C(C)(C)C)cc(CC(C)C)c1OCCCC#N. The summed E-state index contributed by atoms with van der Waals surface area (Å²) < 4.78 is 5.99. The zero-order valence-electron chi connectivity index (χ0n) is 14.4. The number of rotatable bonds is 6. The molecule has 0 radical (unpaired) electrons. The van der Waals surface area contributed by atoms with Gasteiger partial charge in [0.05, 0.1) is 12.7 Å². The first-order valence-corrected chi connectivity index (χ1v) is 7.89. The fraction of sp³-hybridized carbons (Fsp3) is 0.632. The second-order valence-electron chi connectivity index (χ2n) is 7.24. The van der Waals surface area contributed by atoms with Crippen molar-refractivity contribution in [2.45, 2.75) is 66.2 Å². The topological polar surface area (TPSA) is 33.0 Å². The molecule has 0 N–H and O–H groups in total. The zero-order chi connectivity index (χ0) is 16.0. The van der Waals surface area contributed by atoms with Crippen molar-refractivity contribution in [2.75, 3.05) is 6.61 Å². The Hall–Kier alpha value is -1.49. The molecule has 2 heteroatoms. The summed E-state index contributed by atoms with van der Waals surface area (Å²) in [6.45, 7) is 13.9. The number of ether oxygens (including phenoxy) is 1. The summed E-state index contributed by atoms with van der Waals surface area (Å²) >= 11 is 0. The van der Waals surface area contributed by atoms with Crippen LogP contribution < -0.4 is 4.74 Å². The van der Waals surface area contributed by atoms with Crippen LogP contribution in [-0.4, -0.2) is 6.61 Å². The third-order valence-electron chi connectivity index (χ3n) is 3.53. The first-order chi connectivity index (χ1) is 9.75. The van der Waals surface area contributed by atoms with Gasteiger partial charge in [-0.15, -0.1) is 0 Å². The zero-order valence-corrected chi connectivity index (χ0v) is 14.4. The van der Waals surface area contributed by atoms with E-state index in [1.54, 1.807) is 0 Å². The molecular weight excluding hydrogens is 258 g/mol. The Morgan fingerprint density at radius 2 is 1.90 bits per heavy atom. The summed E-state index contributed by atoms with van der Waals surface area (Å²) in [5, 5.41) is 8.61. The molecule has 0 heterocycles. The van der Waals surface area contributed by atoms with Gasteiger partial charge in [-0.05, 0) is 47.8 Å². The van der Waals surface area contributed by atoms with Gasteiger partial charge >= 0.3 is 0 Å². The lowest BCUT2D eigenvalue weighted by atomic mass is 9.84. The average molecular weight is 287 g/mol. The quantitative estimate of drug-likeness (QED) is 0.676. The highest BCUT2D eigenvalue weighted by molar-refractivity contribution is 5.46. The predicted octanol–water partition coefficient (Wildman–Crippen LogP) is 5.17. The molecule has 21 heavy (non-hydrogen) atoms. The smallest absolute Gasteiger partial charge is 0.125 e.